The van der Waals surface area contributed by atoms with Crippen LogP contribution in [0.3, 0.4) is 0 Å². The van der Waals surface area contributed by atoms with Crippen LogP contribution in [0.5, 0.6) is 0 Å². The van der Waals surface area contributed by atoms with E-state index in [-0.39, 0.29) is 17.6 Å². The predicted octanol–water partition coefficient (Wildman–Crippen LogP) is 0.334. The van der Waals surface area contributed by atoms with E-state index in [2.05, 4.69) is 10.3 Å². The zero-order valence-corrected chi connectivity index (χ0v) is 10.1. The van der Waals surface area contributed by atoms with E-state index in [1.54, 1.807) is 20.8 Å². The molecule has 2 rings (SSSR count). The molecule has 1 fully saturated rings. The van der Waals surface area contributed by atoms with Gasteiger partial charge in [0.05, 0.1) is 5.69 Å². The second-order valence-corrected chi connectivity index (χ2v) is 4.54. The van der Waals surface area contributed by atoms with Crippen LogP contribution < -0.4 is 5.32 Å². The van der Waals surface area contributed by atoms with Crippen molar-refractivity contribution >= 4 is 11.8 Å². The van der Waals surface area contributed by atoms with Crippen LogP contribution in [-0.2, 0) is 4.79 Å². The molecule has 0 atom stereocenters. The van der Waals surface area contributed by atoms with Crippen molar-refractivity contribution in [1.82, 2.24) is 15.2 Å². The lowest BCUT2D eigenvalue weighted by Gasteiger charge is -2.40. The summed E-state index contributed by atoms with van der Waals surface area (Å²) >= 11 is 0. The number of hydrogen-bond donors (Lipinski definition) is 1. The van der Waals surface area contributed by atoms with Crippen molar-refractivity contribution in [2.45, 2.75) is 26.3 Å². The van der Waals surface area contributed by atoms with Crippen molar-refractivity contribution in [2.75, 3.05) is 13.1 Å². The molecule has 2 amide bonds. The fourth-order valence-corrected chi connectivity index (χ4v) is 1.88. The van der Waals surface area contributed by atoms with Crippen LogP contribution in [-0.4, -0.2) is 40.3 Å². The number of rotatable bonds is 1. The van der Waals surface area contributed by atoms with Crippen LogP contribution in [0.15, 0.2) is 10.8 Å². The highest BCUT2D eigenvalue weighted by Gasteiger charge is 2.41. The molecule has 6 nitrogen and oxygen atoms in total. The summed E-state index contributed by atoms with van der Waals surface area (Å²) in [6.07, 6.45) is 1.24. The molecule has 0 bridgehead atoms. The Labute approximate surface area is 99.0 Å². The van der Waals surface area contributed by atoms with Crippen LogP contribution in [0.4, 0.5) is 0 Å². The second-order valence-electron chi connectivity index (χ2n) is 4.54. The third kappa shape index (κ3) is 1.79. The largest absolute Gasteiger partial charge is 0.438 e. The Morgan fingerprint density at radius 1 is 1.59 bits per heavy atom. The number of hydrogen-bond acceptors (Lipinski definition) is 4. The molecule has 1 aromatic heterocycles. The molecular formula is C11H15N3O3. The van der Waals surface area contributed by atoms with Gasteiger partial charge >= 0.3 is 0 Å². The van der Waals surface area contributed by atoms with Crippen molar-refractivity contribution in [3.8, 4) is 0 Å². The van der Waals surface area contributed by atoms with Crippen LogP contribution in [0.25, 0.3) is 0 Å². The van der Waals surface area contributed by atoms with Crippen molar-refractivity contribution < 1.29 is 14.0 Å². The van der Waals surface area contributed by atoms with Gasteiger partial charge in [-0.1, -0.05) is 0 Å². The minimum absolute atomic E-state index is 0.158. The minimum atomic E-state index is -0.867. The van der Waals surface area contributed by atoms with Crippen molar-refractivity contribution in [3.05, 3.63) is 17.8 Å². The molecule has 1 aliphatic heterocycles. The fraction of sp³-hybridized carbons (Fsp3) is 0.545. The van der Waals surface area contributed by atoms with Crippen molar-refractivity contribution in [3.63, 3.8) is 0 Å². The topological polar surface area (TPSA) is 75.4 Å². The zero-order valence-electron chi connectivity index (χ0n) is 10.1. The molecule has 1 N–H and O–H groups in total. The Bertz CT molecular complexity index is 464. The summed E-state index contributed by atoms with van der Waals surface area (Å²) in [4.78, 5) is 29.4. The number of aromatic nitrogens is 1. The molecular weight excluding hydrogens is 222 g/mol. The highest BCUT2D eigenvalue weighted by atomic mass is 16.3. The normalized spacial score (nSPS) is 19.0. The molecule has 17 heavy (non-hydrogen) atoms. The Balaban J connectivity index is 2.31. The van der Waals surface area contributed by atoms with E-state index in [1.165, 1.54) is 11.3 Å². The first-order chi connectivity index (χ1) is 7.94. The average Bonchev–Trinajstić information content (AvgIpc) is 2.68. The Kier molecular flexibility index (Phi) is 2.65. The van der Waals surface area contributed by atoms with Crippen LogP contribution in [0.2, 0.25) is 0 Å². The first-order valence-electron chi connectivity index (χ1n) is 5.45. The summed E-state index contributed by atoms with van der Waals surface area (Å²) in [5.74, 6) is -0.248. The van der Waals surface area contributed by atoms with Gasteiger partial charge in [0.2, 0.25) is 11.7 Å². The van der Waals surface area contributed by atoms with Gasteiger partial charge in [-0.25, -0.2) is 4.98 Å². The van der Waals surface area contributed by atoms with Gasteiger partial charge in [-0.05, 0) is 20.8 Å². The predicted molar refractivity (Wildman–Crippen MR) is 59.4 cm³/mol. The number of carbonyl (C=O) groups is 2. The van der Waals surface area contributed by atoms with Crippen molar-refractivity contribution in [1.29, 1.82) is 0 Å². The maximum absolute atomic E-state index is 12.3. The molecule has 0 saturated carbocycles. The highest BCUT2D eigenvalue weighted by molar-refractivity contribution is 5.98. The van der Waals surface area contributed by atoms with Gasteiger partial charge in [-0.2, -0.15) is 0 Å². The molecule has 2 heterocycles. The number of oxazole rings is 1. The molecule has 0 radical (unpaired) electrons. The van der Waals surface area contributed by atoms with Crippen molar-refractivity contribution in [2.24, 2.45) is 0 Å². The lowest BCUT2D eigenvalue weighted by atomic mass is 9.98. The molecule has 0 aromatic carbocycles. The SMILES string of the molecule is Cc1ncoc1C(=O)N1CCNC(=O)C1(C)C. The van der Waals surface area contributed by atoms with E-state index in [4.69, 9.17) is 4.42 Å². The summed E-state index contributed by atoms with van der Waals surface area (Å²) in [6.45, 7) is 6.06. The van der Waals surface area contributed by atoms with Gasteiger partial charge in [0.1, 0.15) is 5.54 Å². The maximum Gasteiger partial charge on any atom is 0.292 e. The monoisotopic (exact) mass is 237 g/mol. The van der Waals surface area contributed by atoms with Gasteiger partial charge in [0.25, 0.3) is 5.91 Å². The van der Waals surface area contributed by atoms with E-state index >= 15 is 0 Å². The van der Waals surface area contributed by atoms with Crippen LogP contribution in [0, 0.1) is 6.92 Å². The number of nitrogens with zero attached hydrogens (tertiary/aromatic N) is 2. The molecule has 0 aliphatic carbocycles. The number of aryl methyl sites for hydroxylation is 1. The van der Waals surface area contributed by atoms with Gasteiger partial charge in [-0.3, -0.25) is 9.59 Å². The number of piperazine rings is 1. The van der Waals surface area contributed by atoms with Gasteiger partial charge in [-0.15, -0.1) is 0 Å². The van der Waals surface area contributed by atoms with Gasteiger partial charge in [0, 0.05) is 13.1 Å². The Morgan fingerprint density at radius 2 is 2.29 bits per heavy atom. The Hall–Kier alpha value is -1.85. The maximum atomic E-state index is 12.3. The molecule has 92 valence electrons. The third-order valence-corrected chi connectivity index (χ3v) is 3.04. The molecule has 0 unspecified atom stereocenters. The number of nitrogens with one attached hydrogen (secondary N) is 1. The second kappa shape index (κ2) is 3.87. The molecule has 1 saturated heterocycles. The summed E-state index contributed by atoms with van der Waals surface area (Å²) in [7, 11) is 0. The van der Waals surface area contributed by atoms with E-state index in [9.17, 15) is 9.59 Å². The highest BCUT2D eigenvalue weighted by Crippen LogP contribution is 2.21. The summed E-state index contributed by atoms with van der Waals surface area (Å²) in [5.41, 5.74) is -0.328. The van der Waals surface area contributed by atoms with Gasteiger partial charge < -0.3 is 14.6 Å². The zero-order chi connectivity index (χ0) is 12.6. The number of amides is 2. The molecule has 1 aromatic rings. The summed E-state index contributed by atoms with van der Waals surface area (Å²) in [5, 5.41) is 2.74. The van der Waals surface area contributed by atoms with E-state index in [0.29, 0.717) is 18.8 Å². The van der Waals surface area contributed by atoms with E-state index < -0.39 is 5.54 Å². The smallest absolute Gasteiger partial charge is 0.292 e. The van der Waals surface area contributed by atoms with E-state index in [0.717, 1.165) is 0 Å². The van der Waals surface area contributed by atoms with Crippen LogP contribution in [0.1, 0.15) is 30.1 Å². The fourth-order valence-electron chi connectivity index (χ4n) is 1.88. The lowest BCUT2D eigenvalue weighted by Crippen LogP contribution is -2.63. The average molecular weight is 237 g/mol. The van der Waals surface area contributed by atoms with Crippen LogP contribution >= 0.6 is 0 Å². The minimum Gasteiger partial charge on any atom is -0.438 e. The number of carbonyl (C=O) groups excluding carboxylic acids is 2. The molecule has 0 spiro atoms. The first kappa shape index (κ1) is 11.6. The Morgan fingerprint density at radius 3 is 2.88 bits per heavy atom. The van der Waals surface area contributed by atoms with Gasteiger partial charge in [0.15, 0.2) is 6.39 Å². The summed E-state index contributed by atoms with van der Waals surface area (Å²) in [6, 6.07) is 0. The quantitative estimate of drug-likeness (QED) is 0.764. The molecule has 6 heteroatoms. The third-order valence-electron chi connectivity index (χ3n) is 3.04. The molecule has 1 aliphatic rings. The standard InChI is InChI=1S/C11H15N3O3/c1-7-8(17-6-13-7)9(15)14-5-4-12-10(16)11(14,2)3/h6H,4-5H2,1-3H3,(H,12,16). The van der Waals surface area contributed by atoms with E-state index in [1.807, 2.05) is 0 Å². The lowest BCUT2D eigenvalue weighted by molar-refractivity contribution is -0.133. The first-order valence-corrected chi connectivity index (χ1v) is 5.45. The summed E-state index contributed by atoms with van der Waals surface area (Å²) < 4.78 is 5.07.